The Bertz CT molecular complexity index is 482. The smallest absolute Gasteiger partial charge is 0.334 e. The van der Waals surface area contributed by atoms with Crippen LogP contribution in [0.2, 0.25) is 0 Å². The lowest BCUT2D eigenvalue weighted by atomic mass is 9.85. The summed E-state index contributed by atoms with van der Waals surface area (Å²) < 4.78 is 4.83. The van der Waals surface area contributed by atoms with Crippen molar-refractivity contribution in [3.8, 4) is 0 Å². The molecule has 114 valence electrons. The second-order valence-corrected chi connectivity index (χ2v) is 6.03. The molecule has 2 bridgehead atoms. The topological polar surface area (TPSA) is 83.9 Å². The molecule has 3 rings (SSSR count). The molecule has 0 radical (unpaired) electrons. The Morgan fingerprint density at radius 1 is 1.33 bits per heavy atom. The van der Waals surface area contributed by atoms with E-state index in [4.69, 9.17) is 9.84 Å². The Morgan fingerprint density at radius 2 is 1.90 bits per heavy atom. The van der Waals surface area contributed by atoms with E-state index in [-0.39, 0.29) is 48.6 Å². The Hall–Kier alpha value is -1.69. The van der Waals surface area contributed by atoms with Gasteiger partial charge < -0.3 is 9.84 Å². The fourth-order valence-electron chi connectivity index (χ4n) is 3.70. The fourth-order valence-corrected chi connectivity index (χ4v) is 3.70. The van der Waals surface area contributed by atoms with Gasteiger partial charge in [0, 0.05) is 6.54 Å². The summed E-state index contributed by atoms with van der Waals surface area (Å²) in [4.78, 5) is 37.1. The lowest BCUT2D eigenvalue weighted by Crippen LogP contribution is -2.34. The van der Waals surface area contributed by atoms with E-state index in [1.807, 2.05) is 0 Å². The first-order valence-corrected chi connectivity index (χ1v) is 7.39. The van der Waals surface area contributed by atoms with Crippen molar-refractivity contribution in [1.82, 2.24) is 4.90 Å². The maximum Gasteiger partial charge on any atom is 0.334 e. The molecule has 1 saturated carbocycles. The molecule has 6 nitrogen and oxygen atoms in total. The predicted octanol–water partition coefficient (Wildman–Crippen LogP) is 0.108. The Kier molecular flexibility index (Phi) is 3.57. The molecule has 3 aliphatic rings. The Labute approximate surface area is 122 Å². The highest BCUT2D eigenvalue weighted by Crippen LogP contribution is 2.52. The number of rotatable bonds is 5. The number of allylic oxidation sites excluding steroid dienone is 2. The summed E-state index contributed by atoms with van der Waals surface area (Å²) in [5.74, 6) is -0.760. The molecule has 2 amide bonds. The molecule has 0 aromatic heterocycles. The zero-order valence-electron chi connectivity index (χ0n) is 11.9. The highest BCUT2D eigenvalue weighted by molar-refractivity contribution is 6.06. The average molecular weight is 293 g/mol. The minimum Gasteiger partial charge on any atom is -0.464 e. The standard InChI is InChI=1S/C15H19NO5/c1-8(17)15(20)21-6-2-5-16-13(18)11-9-3-4-10(7-9)12(11)14(16)19/h3-4,8-12,17H,2,5-7H2,1H3/t8?,9-,10+,11+,12-. The number of esters is 1. The first-order valence-electron chi connectivity index (χ1n) is 7.39. The summed E-state index contributed by atoms with van der Waals surface area (Å²) in [6.45, 7) is 1.71. The average Bonchev–Trinajstić information content (AvgIpc) is 3.11. The third kappa shape index (κ3) is 2.27. The number of imide groups is 1. The van der Waals surface area contributed by atoms with Crippen LogP contribution < -0.4 is 0 Å². The van der Waals surface area contributed by atoms with Gasteiger partial charge in [-0.05, 0) is 31.6 Å². The lowest BCUT2D eigenvalue weighted by Gasteiger charge is -2.17. The molecule has 0 spiro atoms. The van der Waals surface area contributed by atoms with Crippen LogP contribution in [-0.4, -0.2) is 47.0 Å². The molecule has 1 N–H and O–H groups in total. The minimum atomic E-state index is -1.15. The van der Waals surface area contributed by atoms with Crippen LogP contribution in [0.1, 0.15) is 19.8 Å². The lowest BCUT2D eigenvalue weighted by molar-refractivity contribution is -0.152. The minimum absolute atomic E-state index is 0.0799. The van der Waals surface area contributed by atoms with Gasteiger partial charge in [0.25, 0.3) is 0 Å². The number of amides is 2. The number of hydrogen-bond donors (Lipinski definition) is 1. The fraction of sp³-hybridized carbons (Fsp3) is 0.667. The summed E-state index contributed by atoms with van der Waals surface area (Å²) in [6.07, 6.45) is 4.29. The van der Waals surface area contributed by atoms with Gasteiger partial charge in [-0.25, -0.2) is 4.79 Å². The van der Waals surface area contributed by atoms with Crippen LogP contribution in [0.3, 0.4) is 0 Å². The van der Waals surface area contributed by atoms with Crippen LogP contribution in [0.15, 0.2) is 12.2 Å². The van der Waals surface area contributed by atoms with Gasteiger partial charge in [0.1, 0.15) is 6.10 Å². The number of nitrogens with zero attached hydrogens (tertiary/aromatic N) is 1. The highest BCUT2D eigenvalue weighted by Gasteiger charge is 2.58. The number of likely N-dealkylation sites (tertiary alicyclic amines) is 1. The maximum atomic E-state index is 12.3. The van der Waals surface area contributed by atoms with Crippen LogP contribution in [-0.2, 0) is 19.1 Å². The first kappa shape index (κ1) is 14.3. The van der Waals surface area contributed by atoms with E-state index in [0.29, 0.717) is 6.42 Å². The molecular weight excluding hydrogens is 274 g/mol. The molecule has 1 aliphatic heterocycles. The Morgan fingerprint density at radius 3 is 2.43 bits per heavy atom. The third-order valence-electron chi connectivity index (χ3n) is 4.67. The van der Waals surface area contributed by atoms with Crippen molar-refractivity contribution < 1.29 is 24.2 Å². The van der Waals surface area contributed by atoms with E-state index >= 15 is 0 Å². The Balaban J connectivity index is 1.53. The van der Waals surface area contributed by atoms with Crippen LogP contribution in [0.25, 0.3) is 0 Å². The van der Waals surface area contributed by atoms with Gasteiger partial charge >= 0.3 is 5.97 Å². The summed E-state index contributed by atoms with van der Waals surface area (Å²) in [7, 11) is 0. The molecule has 0 aromatic carbocycles. The van der Waals surface area contributed by atoms with E-state index in [0.717, 1.165) is 6.42 Å². The molecule has 5 atom stereocenters. The molecule has 1 saturated heterocycles. The number of ether oxygens (including phenoxy) is 1. The van der Waals surface area contributed by atoms with Crippen molar-refractivity contribution >= 4 is 17.8 Å². The van der Waals surface area contributed by atoms with Crippen LogP contribution >= 0.6 is 0 Å². The third-order valence-corrected chi connectivity index (χ3v) is 4.67. The molecular formula is C15H19NO5. The van der Waals surface area contributed by atoms with Crippen molar-refractivity contribution in [3.63, 3.8) is 0 Å². The number of aliphatic hydroxyl groups excluding tert-OH is 1. The number of fused-ring (bicyclic) bond motifs is 5. The van der Waals surface area contributed by atoms with Crippen LogP contribution in [0, 0.1) is 23.7 Å². The molecule has 1 heterocycles. The SMILES string of the molecule is CC(O)C(=O)OCCCN1C(=O)[C@@H]2[C@H](C1=O)[C@H]1C=C[C@@H]2C1. The second kappa shape index (κ2) is 5.26. The molecule has 1 unspecified atom stereocenters. The van der Waals surface area contributed by atoms with Crippen molar-refractivity contribution in [2.45, 2.75) is 25.9 Å². The quantitative estimate of drug-likeness (QED) is 0.336. The van der Waals surface area contributed by atoms with Gasteiger partial charge in [-0.1, -0.05) is 12.2 Å². The molecule has 0 aromatic rings. The van der Waals surface area contributed by atoms with E-state index in [9.17, 15) is 14.4 Å². The van der Waals surface area contributed by atoms with Crippen molar-refractivity contribution in [2.75, 3.05) is 13.2 Å². The number of carbonyl (C=O) groups is 3. The normalized spacial score (nSPS) is 34.5. The predicted molar refractivity (Wildman–Crippen MR) is 71.7 cm³/mol. The summed E-state index contributed by atoms with van der Waals surface area (Å²) in [6, 6.07) is 0. The first-order chi connectivity index (χ1) is 10.0. The van der Waals surface area contributed by atoms with Gasteiger partial charge in [0.15, 0.2) is 0 Å². The van der Waals surface area contributed by atoms with Gasteiger partial charge in [-0.15, -0.1) is 0 Å². The van der Waals surface area contributed by atoms with Crippen molar-refractivity contribution in [3.05, 3.63) is 12.2 Å². The zero-order valence-corrected chi connectivity index (χ0v) is 11.9. The number of aliphatic hydroxyl groups is 1. The van der Waals surface area contributed by atoms with Crippen LogP contribution in [0.4, 0.5) is 0 Å². The molecule has 2 aliphatic carbocycles. The van der Waals surface area contributed by atoms with Crippen molar-refractivity contribution in [1.29, 1.82) is 0 Å². The van der Waals surface area contributed by atoms with Gasteiger partial charge in [0.2, 0.25) is 11.8 Å². The van der Waals surface area contributed by atoms with Crippen LogP contribution in [0.5, 0.6) is 0 Å². The van der Waals surface area contributed by atoms with Gasteiger partial charge in [0.05, 0.1) is 18.4 Å². The summed E-state index contributed by atoms with van der Waals surface area (Å²) in [5, 5.41) is 8.99. The highest BCUT2D eigenvalue weighted by atomic mass is 16.5. The summed E-state index contributed by atoms with van der Waals surface area (Å²) in [5.41, 5.74) is 0. The van der Waals surface area contributed by atoms with E-state index in [1.165, 1.54) is 11.8 Å². The largest absolute Gasteiger partial charge is 0.464 e. The van der Waals surface area contributed by atoms with Crippen molar-refractivity contribution in [2.24, 2.45) is 23.7 Å². The number of carbonyl (C=O) groups excluding carboxylic acids is 3. The molecule has 21 heavy (non-hydrogen) atoms. The molecule has 6 heteroatoms. The molecule has 2 fully saturated rings. The second-order valence-electron chi connectivity index (χ2n) is 6.03. The van der Waals surface area contributed by atoms with E-state index < -0.39 is 12.1 Å². The monoisotopic (exact) mass is 293 g/mol. The zero-order chi connectivity index (χ0) is 15.1. The van der Waals surface area contributed by atoms with E-state index in [2.05, 4.69) is 12.2 Å². The summed E-state index contributed by atoms with van der Waals surface area (Å²) >= 11 is 0. The maximum absolute atomic E-state index is 12.3. The van der Waals surface area contributed by atoms with Gasteiger partial charge in [-0.2, -0.15) is 0 Å². The van der Waals surface area contributed by atoms with E-state index in [1.54, 1.807) is 0 Å². The number of hydrogen-bond acceptors (Lipinski definition) is 5. The van der Waals surface area contributed by atoms with Gasteiger partial charge in [-0.3, -0.25) is 14.5 Å².